The third-order valence-electron chi connectivity index (χ3n) is 3.55. The van der Waals surface area contributed by atoms with Gasteiger partial charge >= 0.3 is 0 Å². The second-order valence-corrected chi connectivity index (χ2v) is 5.37. The van der Waals surface area contributed by atoms with E-state index in [-0.39, 0.29) is 0 Å². The lowest BCUT2D eigenvalue weighted by atomic mass is 10.0. The zero-order valence-corrected chi connectivity index (χ0v) is 13.1. The molecule has 0 radical (unpaired) electrons. The standard InChI is InChI=1S/C17H19N3O4/c1-10(21)15(17(23)20-24)19-16(22)13-4-2-11(3-5-13)12-6-8-14(18)9-7-12/h2-10,15,21,24H,18H2,1H3,(H,19,22)(H,20,23)/t10-,15+/m0/s1. The van der Waals surface area contributed by atoms with E-state index >= 15 is 0 Å². The number of hydrogen-bond donors (Lipinski definition) is 5. The Bertz CT molecular complexity index is 712. The number of aliphatic hydroxyl groups is 1. The van der Waals surface area contributed by atoms with Crippen LogP contribution in [0.5, 0.6) is 0 Å². The van der Waals surface area contributed by atoms with Gasteiger partial charge in [-0.05, 0) is 42.3 Å². The van der Waals surface area contributed by atoms with E-state index < -0.39 is 24.0 Å². The summed E-state index contributed by atoms with van der Waals surface area (Å²) in [5.41, 5.74) is 9.92. The molecular formula is C17H19N3O4. The van der Waals surface area contributed by atoms with Gasteiger partial charge in [-0.25, -0.2) is 5.48 Å². The molecule has 126 valence electrons. The number of carbonyl (C=O) groups is 2. The van der Waals surface area contributed by atoms with Crippen molar-refractivity contribution in [2.24, 2.45) is 0 Å². The summed E-state index contributed by atoms with van der Waals surface area (Å²) in [4.78, 5) is 23.6. The number of nitrogens with two attached hydrogens (primary N) is 1. The Morgan fingerprint density at radius 3 is 1.96 bits per heavy atom. The number of amides is 2. The molecule has 0 aromatic heterocycles. The average molecular weight is 329 g/mol. The maximum atomic E-state index is 12.2. The Hall–Kier alpha value is -2.90. The summed E-state index contributed by atoms with van der Waals surface area (Å²) < 4.78 is 0. The van der Waals surface area contributed by atoms with Crippen LogP contribution in [0.2, 0.25) is 0 Å². The number of carbonyl (C=O) groups excluding carboxylic acids is 2. The molecule has 0 aliphatic heterocycles. The van der Waals surface area contributed by atoms with Crippen LogP contribution in [-0.4, -0.2) is 34.3 Å². The summed E-state index contributed by atoms with van der Waals surface area (Å²) in [5, 5.41) is 20.5. The van der Waals surface area contributed by atoms with Crippen LogP contribution in [0.4, 0.5) is 5.69 Å². The zero-order valence-electron chi connectivity index (χ0n) is 13.1. The van der Waals surface area contributed by atoms with Crippen LogP contribution in [0.15, 0.2) is 48.5 Å². The van der Waals surface area contributed by atoms with Gasteiger partial charge in [-0.1, -0.05) is 24.3 Å². The molecule has 24 heavy (non-hydrogen) atoms. The van der Waals surface area contributed by atoms with Crippen molar-refractivity contribution in [1.29, 1.82) is 0 Å². The molecule has 2 atom stereocenters. The number of anilines is 1. The largest absolute Gasteiger partial charge is 0.399 e. The molecule has 2 rings (SSSR count). The first-order valence-electron chi connectivity index (χ1n) is 7.31. The van der Waals surface area contributed by atoms with Crippen molar-refractivity contribution in [3.63, 3.8) is 0 Å². The second kappa shape index (κ2) is 7.58. The second-order valence-electron chi connectivity index (χ2n) is 5.37. The summed E-state index contributed by atoms with van der Waals surface area (Å²) in [6, 6.07) is 12.8. The predicted molar refractivity (Wildman–Crippen MR) is 89.2 cm³/mol. The summed E-state index contributed by atoms with van der Waals surface area (Å²) in [6.45, 7) is 1.34. The smallest absolute Gasteiger partial charge is 0.268 e. The summed E-state index contributed by atoms with van der Waals surface area (Å²) >= 11 is 0. The molecule has 0 unspecified atom stereocenters. The van der Waals surface area contributed by atoms with Crippen molar-refractivity contribution in [3.05, 3.63) is 54.1 Å². The fourth-order valence-corrected chi connectivity index (χ4v) is 2.19. The molecule has 7 nitrogen and oxygen atoms in total. The molecule has 0 aliphatic carbocycles. The van der Waals surface area contributed by atoms with Crippen molar-refractivity contribution in [1.82, 2.24) is 10.8 Å². The molecule has 0 saturated carbocycles. The molecule has 2 amide bonds. The lowest BCUT2D eigenvalue weighted by Gasteiger charge is -2.19. The van der Waals surface area contributed by atoms with Crippen molar-refractivity contribution in [2.45, 2.75) is 19.1 Å². The number of nitrogen functional groups attached to an aromatic ring is 1. The van der Waals surface area contributed by atoms with Gasteiger partial charge in [0.2, 0.25) is 0 Å². The fourth-order valence-electron chi connectivity index (χ4n) is 2.19. The van der Waals surface area contributed by atoms with Crippen molar-refractivity contribution >= 4 is 17.5 Å². The highest BCUT2D eigenvalue weighted by atomic mass is 16.5. The van der Waals surface area contributed by atoms with Crippen molar-refractivity contribution < 1.29 is 19.9 Å². The normalized spacial score (nSPS) is 13.0. The third-order valence-corrected chi connectivity index (χ3v) is 3.55. The molecule has 0 aliphatic rings. The maximum absolute atomic E-state index is 12.2. The van der Waals surface area contributed by atoms with Crippen molar-refractivity contribution in [2.75, 3.05) is 5.73 Å². The van der Waals surface area contributed by atoms with Gasteiger partial charge in [0.25, 0.3) is 11.8 Å². The van der Waals surface area contributed by atoms with E-state index in [4.69, 9.17) is 10.9 Å². The summed E-state index contributed by atoms with van der Waals surface area (Å²) in [7, 11) is 0. The molecule has 0 fully saturated rings. The molecule has 0 bridgehead atoms. The quantitative estimate of drug-likeness (QED) is 0.317. The predicted octanol–water partition coefficient (Wildman–Crippen LogP) is 0.920. The Morgan fingerprint density at radius 2 is 1.50 bits per heavy atom. The first-order valence-corrected chi connectivity index (χ1v) is 7.31. The van der Waals surface area contributed by atoms with Crippen LogP contribution in [-0.2, 0) is 4.79 Å². The number of benzene rings is 2. The molecule has 7 heteroatoms. The highest BCUT2D eigenvalue weighted by molar-refractivity contribution is 5.97. The molecule has 0 spiro atoms. The van der Waals surface area contributed by atoms with Gasteiger partial charge < -0.3 is 16.2 Å². The summed E-state index contributed by atoms with van der Waals surface area (Å²) in [6.07, 6.45) is -1.16. The van der Waals surface area contributed by atoms with Crippen LogP contribution >= 0.6 is 0 Å². The number of hydrogen-bond acceptors (Lipinski definition) is 5. The number of aliphatic hydroxyl groups excluding tert-OH is 1. The lowest BCUT2D eigenvalue weighted by Crippen LogP contribution is -2.51. The minimum Gasteiger partial charge on any atom is -0.399 e. The lowest BCUT2D eigenvalue weighted by molar-refractivity contribution is -0.133. The zero-order chi connectivity index (χ0) is 17.7. The average Bonchev–Trinajstić information content (AvgIpc) is 2.59. The van der Waals surface area contributed by atoms with E-state index in [1.807, 2.05) is 12.1 Å². The number of nitrogens with one attached hydrogen (secondary N) is 2. The van der Waals surface area contributed by atoms with Gasteiger partial charge in [-0.15, -0.1) is 0 Å². The number of rotatable bonds is 5. The highest BCUT2D eigenvalue weighted by Gasteiger charge is 2.25. The molecule has 0 saturated heterocycles. The molecule has 6 N–H and O–H groups in total. The topological polar surface area (TPSA) is 125 Å². The van der Waals surface area contributed by atoms with E-state index in [2.05, 4.69) is 5.32 Å². The van der Waals surface area contributed by atoms with Crippen LogP contribution in [0.1, 0.15) is 17.3 Å². The monoisotopic (exact) mass is 329 g/mol. The first-order chi connectivity index (χ1) is 11.4. The SMILES string of the molecule is C[C@H](O)[C@@H](NC(=O)c1ccc(-c2ccc(N)cc2)cc1)C(=O)NO. The van der Waals surface area contributed by atoms with Crippen LogP contribution in [0, 0.1) is 0 Å². The Kier molecular flexibility index (Phi) is 5.51. The van der Waals surface area contributed by atoms with E-state index in [0.29, 0.717) is 11.3 Å². The van der Waals surface area contributed by atoms with E-state index in [1.165, 1.54) is 12.4 Å². The first kappa shape index (κ1) is 17.5. The molecule has 2 aromatic carbocycles. The van der Waals surface area contributed by atoms with Gasteiger partial charge in [0, 0.05) is 11.3 Å². The van der Waals surface area contributed by atoms with Crippen LogP contribution < -0.4 is 16.5 Å². The van der Waals surface area contributed by atoms with Crippen LogP contribution in [0.25, 0.3) is 11.1 Å². The molecule has 0 heterocycles. The molecular weight excluding hydrogens is 310 g/mol. The van der Waals surface area contributed by atoms with Crippen molar-refractivity contribution in [3.8, 4) is 11.1 Å². The maximum Gasteiger partial charge on any atom is 0.268 e. The Balaban J connectivity index is 2.13. The minimum absolute atomic E-state index is 0.325. The van der Waals surface area contributed by atoms with Gasteiger partial charge in [0.05, 0.1) is 6.10 Å². The van der Waals surface area contributed by atoms with E-state index in [1.54, 1.807) is 36.4 Å². The summed E-state index contributed by atoms with van der Waals surface area (Å²) in [5.74, 6) is -1.43. The van der Waals surface area contributed by atoms with E-state index in [9.17, 15) is 14.7 Å². The minimum atomic E-state index is -1.25. The number of hydroxylamine groups is 1. The van der Waals surface area contributed by atoms with Crippen LogP contribution in [0.3, 0.4) is 0 Å². The third kappa shape index (κ3) is 4.09. The Labute approximate surface area is 139 Å². The molecule has 2 aromatic rings. The Morgan fingerprint density at radius 1 is 1.00 bits per heavy atom. The highest BCUT2D eigenvalue weighted by Crippen LogP contribution is 2.21. The van der Waals surface area contributed by atoms with Gasteiger partial charge in [-0.3, -0.25) is 14.8 Å². The van der Waals surface area contributed by atoms with Gasteiger partial charge in [-0.2, -0.15) is 0 Å². The van der Waals surface area contributed by atoms with Gasteiger partial charge in [0.15, 0.2) is 0 Å². The fraction of sp³-hybridized carbons (Fsp3) is 0.176. The van der Waals surface area contributed by atoms with E-state index in [0.717, 1.165) is 11.1 Å². The van der Waals surface area contributed by atoms with Gasteiger partial charge in [0.1, 0.15) is 6.04 Å².